The van der Waals surface area contributed by atoms with E-state index in [1.165, 1.54) is 4.57 Å². The summed E-state index contributed by atoms with van der Waals surface area (Å²) in [5, 5.41) is 3.01. The highest BCUT2D eigenvalue weighted by molar-refractivity contribution is 5.93. The molecule has 1 aliphatic heterocycles. The van der Waals surface area contributed by atoms with Crippen molar-refractivity contribution >= 4 is 11.8 Å². The monoisotopic (exact) mass is 347 g/mol. The number of aryl methyl sites for hydroxylation is 1. The molecule has 0 aliphatic carbocycles. The van der Waals surface area contributed by atoms with Crippen LogP contribution in [-0.4, -0.2) is 40.9 Å². The molecule has 0 atom stereocenters. The highest BCUT2D eigenvalue weighted by Gasteiger charge is 2.26. The molecule has 0 bridgehead atoms. The number of hydrogen-bond donors (Lipinski definition) is 1. The van der Waals surface area contributed by atoms with Crippen molar-refractivity contribution in [3.8, 4) is 0 Å². The maximum Gasteiger partial charge on any atom is 0.263 e. The van der Waals surface area contributed by atoms with Crippen molar-refractivity contribution in [2.45, 2.75) is 40.0 Å². The number of nitrogens with one attached hydrogen (secondary N) is 1. The third kappa shape index (κ3) is 5.44. The van der Waals surface area contributed by atoms with Gasteiger partial charge in [-0.2, -0.15) is 0 Å². The van der Waals surface area contributed by atoms with E-state index in [9.17, 15) is 14.4 Å². The minimum Gasteiger partial charge on any atom is -0.356 e. The Hall–Kier alpha value is -2.11. The zero-order chi connectivity index (χ0) is 18.6. The zero-order valence-corrected chi connectivity index (χ0v) is 15.7. The van der Waals surface area contributed by atoms with Gasteiger partial charge in [0, 0.05) is 39.3 Å². The molecule has 1 fully saturated rings. The van der Waals surface area contributed by atoms with Crippen LogP contribution >= 0.6 is 0 Å². The van der Waals surface area contributed by atoms with Crippen LogP contribution in [0.4, 0.5) is 0 Å². The first-order valence-electron chi connectivity index (χ1n) is 8.89. The van der Waals surface area contributed by atoms with Gasteiger partial charge in [0.15, 0.2) is 0 Å². The third-order valence-corrected chi connectivity index (χ3v) is 4.53. The molecule has 0 saturated carbocycles. The molecule has 25 heavy (non-hydrogen) atoms. The molecule has 2 heterocycles. The Balaban J connectivity index is 1.83. The predicted octanol–water partition coefficient (Wildman–Crippen LogP) is 1.79. The molecule has 1 N–H and O–H groups in total. The van der Waals surface area contributed by atoms with Gasteiger partial charge in [0.1, 0.15) is 5.56 Å². The smallest absolute Gasteiger partial charge is 0.263 e. The summed E-state index contributed by atoms with van der Waals surface area (Å²) in [5.74, 6) is 0.266. The van der Waals surface area contributed by atoms with Crippen LogP contribution in [0.2, 0.25) is 0 Å². The Morgan fingerprint density at radius 3 is 2.48 bits per heavy atom. The molecule has 0 spiro atoms. The van der Waals surface area contributed by atoms with E-state index in [-0.39, 0.29) is 28.4 Å². The van der Waals surface area contributed by atoms with Crippen molar-refractivity contribution < 1.29 is 9.59 Å². The lowest BCUT2D eigenvalue weighted by atomic mass is 9.91. The standard InChI is InChI=1S/C19H29N3O3/c1-19(2,3)12-16(23)20-13-14-7-10-22(11-8-14)18(25)15-6-5-9-21(4)17(15)24/h5-6,9,14H,7-8,10-13H2,1-4H3,(H,20,23). The first-order chi connectivity index (χ1) is 11.7. The van der Waals surface area contributed by atoms with Gasteiger partial charge < -0.3 is 14.8 Å². The van der Waals surface area contributed by atoms with Gasteiger partial charge >= 0.3 is 0 Å². The van der Waals surface area contributed by atoms with Crippen molar-refractivity contribution in [1.82, 2.24) is 14.8 Å². The van der Waals surface area contributed by atoms with Crippen LogP contribution in [0.25, 0.3) is 0 Å². The number of piperidine rings is 1. The largest absolute Gasteiger partial charge is 0.356 e. The van der Waals surface area contributed by atoms with Gasteiger partial charge in [0.05, 0.1) is 0 Å². The Morgan fingerprint density at radius 1 is 1.24 bits per heavy atom. The first kappa shape index (κ1) is 19.2. The van der Waals surface area contributed by atoms with Crippen molar-refractivity contribution in [2.75, 3.05) is 19.6 Å². The number of amides is 2. The molecule has 2 amide bonds. The molecule has 0 aromatic carbocycles. The fraction of sp³-hybridized carbons (Fsp3) is 0.632. The minimum absolute atomic E-state index is 0.0122. The number of nitrogens with zero attached hydrogens (tertiary/aromatic N) is 2. The Kier molecular flexibility index (Phi) is 6.03. The van der Waals surface area contributed by atoms with E-state index in [0.717, 1.165) is 12.8 Å². The fourth-order valence-corrected chi connectivity index (χ4v) is 3.07. The predicted molar refractivity (Wildman–Crippen MR) is 97.4 cm³/mol. The van der Waals surface area contributed by atoms with Gasteiger partial charge in [-0.3, -0.25) is 14.4 Å². The van der Waals surface area contributed by atoms with Gasteiger partial charge in [0.2, 0.25) is 5.91 Å². The number of aromatic nitrogens is 1. The molecule has 0 radical (unpaired) electrons. The van der Waals surface area contributed by atoms with Crippen molar-refractivity contribution in [3.05, 3.63) is 34.2 Å². The average molecular weight is 347 g/mol. The van der Waals surface area contributed by atoms with Crippen LogP contribution < -0.4 is 10.9 Å². The molecule has 6 heteroatoms. The van der Waals surface area contributed by atoms with Crippen LogP contribution in [0, 0.1) is 11.3 Å². The second-order valence-corrected chi connectivity index (χ2v) is 8.12. The highest BCUT2D eigenvalue weighted by Crippen LogP contribution is 2.20. The van der Waals surface area contributed by atoms with E-state index >= 15 is 0 Å². The molecule has 0 unspecified atom stereocenters. The van der Waals surface area contributed by atoms with Gasteiger partial charge in [-0.15, -0.1) is 0 Å². The van der Waals surface area contributed by atoms with Gasteiger partial charge in [-0.1, -0.05) is 20.8 Å². The molecule has 1 aliphatic rings. The number of likely N-dealkylation sites (tertiary alicyclic amines) is 1. The summed E-state index contributed by atoms with van der Waals surface area (Å²) in [6.07, 6.45) is 3.84. The first-order valence-corrected chi connectivity index (χ1v) is 8.89. The normalized spacial score (nSPS) is 15.9. The van der Waals surface area contributed by atoms with Crippen LogP contribution in [0.5, 0.6) is 0 Å². The second kappa shape index (κ2) is 7.85. The maximum absolute atomic E-state index is 12.5. The van der Waals surface area contributed by atoms with Gasteiger partial charge in [-0.25, -0.2) is 0 Å². The van der Waals surface area contributed by atoms with E-state index < -0.39 is 0 Å². The van der Waals surface area contributed by atoms with Gasteiger partial charge in [-0.05, 0) is 36.3 Å². The summed E-state index contributed by atoms with van der Waals surface area (Å²) < 4.78 is 1.42. The SMILES string of the molecule is Cn1cccc(C(=O)N2CCC(CNC(=O)CC(C)(C)C)CC2)c1=O. The highest BCUT2D eigenvalue weighted by atomic mass is 16.2. The summed E-state index contributed by atoms with van der Waals surface area (Å²) in [6.45, 7) is 8.04. The zero-order valence-electron chi connectivity index (χ0n) is 15.7. The molecule has 138 valence electrons. The summed E-state index contributed by atoms with van der Waals surface area (Å²) >= 11 is 0. The second-order valence-electron chi connectivity index (χ2n) is 8.12. The number of hydrogen-bond acceptors (Lipinski definition) is 3. The molecular weight excluding hydrogens is 318 g/mol. The Morgan fingerprint density at radius 2 is 1.88 bits per heavy atom. The van der Waals surface area contributed by atoms with Crippen LogP contribution in [0.1, 0.15) is 50.4 Å². The fourth-order valence-electron chi connectivity index (χ4n) is 3.07. The topological polar surface area (TPSA) is 71.4 Å². The summed E-state index contributed by atoms with van der Waals surface area (Å²) in [5.41, 5.74) is -0.0483. The molecule has 1 aromatic rings. The van der Waals surface area contributed by atoms with E-state index in [2.05, 4.69) is 5.32 Å². The molecule has 6 nitrogen and oxygen atoms in total. The summed E-state index contributed by atoms with van der Waals surface area (Å²) in [7, 11) is 1.64. The summed E-state index contributed by atoms with van der Waals surface area (Å²) in [4.78, 5) is 38.3. The minimum atomic E-state index is -0.260. The van der Waals surface area contributed by atoms with Crippen LogP contribution in [0.3, 0.4) is 0 Å². The van der Waals surface area contributed by atoms with E-state index in [0.29, 0.717) is 32.0 Å². The Labute approximate surface area is 149 Å². The van der Waals surface area contributed by atoms with Crippen molar-refractivity contribution in [2.24, 2.45) is 18.4 Å². The van der Waals surface area contributed by atoms with E-state index in [4.69, 9.17) is 0 Å². The van der Waals surface area contributed by atoms with Gasteiger partial charge in [0.25, 0.3) is 11.5 Å². The lowest BCUT2D eigenvalue weighted by Gasteiger charge is -2.32. The lowest BCUT2D eigenvalue weighted by molar-refractivity contribution is -0.123. The summed E-state index contributed by atoms with van der Waals surface area (Å²) in [6, 6.07) is 3.30. The molecule has 2 rings (SSSR count). The third-order valence-electron chi connectivity index (χ3n) is 4.53. The van der Waals surface area contributed by atoms with Crippen LogP contribution in [-0.2, 0) is 11.8 Å². The van der Waals surface area contributed by atoms with E-state index in [1.807, 2.05) is 20.8 Å². The van der Waals surface area contributed by atoms with Crippen molar-refractivity contribution in [3.63, 3.8) is 0 Å². The van der Waals surface area contributed by atoms with Crippen molar-refractivity contribution in [1.29, 1.82) is 0 Å². The number of pyridine rings is 1. The Bertz CT molecular complexity index is 680. The quantitative estimate of drug-likeness (QED) is 0.903. The lowest BCUT2D eigenvalue weighted by Crippen LogP contribution is -2.43. The maximum atomic E-state index is 12.5. The molecular formula is C19H29N3O3. The number of carbonyl (C=O) groups is 2. The molecule has 1 aromatic heterocycles. The number of carbonyl (C=O) groups excluding carboxylic acids is 2. The van der Waals surface area contributed by atoms with E-state index in [1.54, 1.807) is 30.3 Å². The molecule has 1 saturated heterocycles. The van der Waals surface area contributed by atoms with Crippen LogP contribution in [0.15, 0.2) is 23.1 Å². The number of rotatable bonds is 4. The average Bonchev–Trinajstić information content (AvgIpc) is 2.54.